The molecule has 0 saturated heterocycles. The van der Waals surface area contributed by atoms with Gasteiger partial charge in [0.25, 0.3) is 0 Å². The number of rotatable bonds is 8. The Morgan fingerprint density at radius 3 is 1.15 bits per heavy atom. The number of anilines is 4. The predicted octanol–water partition coefficient (Wildman–Crippen LogP) is 8.38. The Morgan fingerprint density at radius 1 is 0.462 bits per heavy atom. The van der Waals surface area contributed by atoms with Crippen LogP contribution in [0.3, 0.4) is 0 Å². The first-order chi connectivity index (χ1) is 18.9. The van der Waals surface area contributed by atoms with Crippen LogP contribution in [0.25, 0.3) is 0 Å². The summed E-state index contributed by atoms with van der Waals surface area (Å²) in [7, 11) is 0. The highest BCUT2D eigenvalue weighted by Crippen LogP contribution is 2.34. The van der Waals surface area contributed by atoms with E-state index in [4.69, 9.17) is 20.9 Å². The van der Waals surface area contributed by atoms with Gasteiger partial charge < -0.3 is 31.6 Å². The number of nitrogen functional groups attached to an aromatic ring is 2. The van der Waals surface area contributed by atoms with E-state index in [-0.39, 0.29) is 5.66 Å². The number of nitrogens with two attached hydrogens (primary N) is 2. The van der Waals surface area contributed by atoms with Crippen LogP contribution in [-0.4, -0.2) is 5.66 Å². The monoisotopic (exact) mass is 518 g/mol. The van der Waals surface area contributed by atoms with Gasteiger partial charge in [-0.15, -0.1) is 0 Å². The van der Waals surface area contributed by atoms with Gasteiger partial charge in [-0.25, -0.2) is 0 Å². The lowest BCUT2D eigenvalue weighted by molar-refractivity contribution is 0.419. The average Bonchev–Trinajstić information content (AvgIpc) is 2.93. The normalized spacial score (nSPS) is 10.5. The van der Waals surface area contributed by atoms with Crippen molar-refractivity contribution in [2.75, 3.05) is 22.1 Å². The Hall–Kier alpha value is -5.10. The molecule has 0 bridgehead atoms. The van der Waals surface area contributed by atoms with E-state index >= 15 is 0 Å². The SMILES string of the molecule is CC(C)(Nc1ccccc1)Nc1ccccc1.Nc1ccc(Oc2ccccc2Oc2ccc(N)cc2)cc1. The van der Waals surface area contributed by atoms with Gasteiger partial charge in [-0.05, 0) is 98.8 Å². The molecule has 5 rings (SSSR count). The molecule has 0 unspecified atom stereocenters. The van der Waals surface area contributed by atoms with Crippen molar-refractivity contribution >= 4 is 22.7 Å². The second-order valence-corrected chi connectivity index (χ2v) is 9.40. The van der Waals surface area contributed by atoms with Crippen LogP contribution in [0, 0.1) is 0 Å². The lowest BCUT2D eigenvalue weighted by atomic mass is 10.2. The third-order valence-corrected chi connectivity index (χ3v) is 5.53. The summed E-state index contributed by atoms with van der Waals surface area (Å²) in [6.45, 7) is 4.24. The first-order valence-corrected chi connectivity index (χ1v) is 12.7. The van der Waals surface area contributed by atoms with Gasteiger partial charge in [0.2, 0.25) is 0 Å². The maximum Gasteiger partial charge on any atom is 0.169 e. The van der Waals surface area contributed by atoms with Crippen LogP contribution in [0.4, 0.5) is 22.7 Å². The number of ether oxygens (including phenoxy) is 2. The van der Waals surface area contributed by atoms with E-state index in [0.29, 0.717) is 34.4 Å². The number of para-hydroxylation sites is 4. The molecule has 198 valence electrons. The van der Waals surface area contributed by atoms with Crippen molar-refractivity contribution in [1.29, 1.82) is 0 Å². The Kier molecular flexibility index (Phi) is 8.93. The van der Waals surface area contributed by atoms with Crippen molar-refractivity contribution in [1.82, 2.24) is 0 Å². The van der Waals surface area contributed by atoms with Gasteiger partial charge in [-0.3, -0.25) is 0 Å². The Balaban J connectivity index is 0.000000187. The summed E-state index contributed by atoms with van der Waals surface area (Å²) in [5, 5.41) is 6.91. The zero-order valence-corrected chi connectivity index (χ0v) is 22.2. The Labute approximate surface area is 230 Å². The maximum atomic E-state index is 5.86. The zero-order chi connectivity index (χ0) is 27.5. The van der Waals surface area contributed by atoms with Crippen molar-refractivity contribution in [3.8, 4) is 23.0 Å². The summed E-state index contributed by atoms with van der Waals surface area (Å²) in [5.41, 5.74) is 14.8. The number of benzene rings is 5. The van der Waals surface area contributed by atoms with Crippen molar-refractivity contribution < 1.29 is 9.47 Å². The number of hydrogen-bond donors (Lipinski definition) is 4. The number of nitrogens with one attached hydrogen (secondary N) is 2. The average molecular weight is 519 g/mol. The van der Waals surface area contributed by atoms with E-state index in [2.05, 4.69) is 48.7 Å². The Morgan fingerprint density at radius 2 is 0.795 bits per heavy atom. The van der Waals surface area contributed by atoms with Crippen LogP contribution < -0.4 is 31.6 Å². The molecule has 0 heterocycles. The summed E-state index contributed by atoms with van der Waals surface area (Å²) in [5.74, 6) is 2.65. The third-order valence-electron chi connectivity index (χ3n) is 5.53. The van der Waals surface area contributed by atoms with Gasteiger partial charge in [0.15, 0.2) is 11.5 Å². The van der Waals surface area contributed by atoms with E-state index in [1.165, 1.54) is 0 Å². The van der Waals surface area contributed by atoms with Crippen molar-refractivity contribution in [2.45, 2.75) is 19.5 Å². The Bertz CT molecular complexity index is 1310. The molecule has 5 aromatic carbocycles. The van der Waals surface area contributed by atoms with Crippen molar-refractivity contribution in [3.05, 3.63) is 133 Å². The smallest absolute Gasteiger partial charge is 0.169 e. The molecule has 6 heteroatoms. The van der Waals surface area contributed by atoms with E-state index in [0.717, 1.165) is 11.4 Å². The quantitative estimate of drug-likeness (QED) is 0.122. The fraction of sp³-hybridized carbons (Fsp3) is 0.0909. The molecule has 6 N–H and O–H groups in total. The molecular weight excluding hydrogens is 484 g/mol. The molecule has 0 aromatic heterocycles. The minimum Gasteiger partial charge on any atom is -0.453 e. The number of hydrogen-bond acceptors (Lipinski definition) is 6. The summed E-state index contributed by atoms with van der Waals surface area (Å²) < 4.78 is 11.7. The summed E-state index contributed by atoms with van der Waals surface area (Å²) in [4.78, 5) is 0. The van der Waals surface area contributed by atoms with E-state index in [9.17, 15) is 0 Å². The van der Waals surface area contributed by atoms with Gasteiger partial charge >= 0.3 is 0 Å². The van der Waals surface area contributed by atoms with Crippen LogP contribution in [-0.2, 0) is 0 Å². The molecule has 0 aliphatic carbocycles. The molecule has 0 fully saturated rings. The molecule has 39 heavy (non-hydrogen) atoms. The minimum absolute atomic E-state index is 0.192. The van der Waals surface area contributed by atoms with Gasteiger partial charge in [0.05, 0.1) is 0 Å². The standard InChI is InChI=1S/C18H16N2O2.C15H18N2/c19-13-5-9-15(10-6-13)21-17-3-1-2-4-18(17)22-16-11-7-14(20)8-12-16;1-15(2,16-13-9-5-3-6-10-13)17-14-11-7-4-8-12-14/h1-12H,19-20H2;3-12,16-17H,1-2H3. The van der Waals surface area contributed by atoms with Gasteiger partial charge in [-0.1, -0.05) is 48.5 Å². The molecule has 0 saturated carbocycles. The summed E-state index contributed by atoms with van der Waals surface area (Å²) >= 11 is 0. The first-order valence-electron chi connectivity index (χ1n) is 12.7. The fourth-order valence-corrected chi connectivity index (χ4v) is 3.74. The van der Waals surface area contributed by atoms with Gasteiger partial charge in [0, 0.05) is 22.7 Å². The molecular formula is C33H34N4O2. The maximum absolute atomic E-state index is 5.86. The fourth-order valence-electron chi connectivity index (χ4n) is 3.74. The molecule has 0 aliphatic heterocycles. The molecule has 0 atom stereocenters. The highest BCUT2D eigenvalue weighted by molar-refractivity contribution is 5.51. The molecule has 0 spiro atoms. The lowest BCUT2D eigenvalue weighted by Crippen LogP contribution is -2.39. The third kappa shape index (κ3) is 8.76. The van der Waals surface area contributed by atoms with Crippen LogP contribution in [0.1, 0.15) is 13.8 Å². The van der Waals surface area contributed by atoms with Crippen molar-refractivity contribution in [3.63, 3.8) is 0 Å². The molecule has 0 amide bonds. The summed E-state index contributed by atoms with van der Waals surface area (Å²) in [6, 6.07) is 42.3. The molecule has 6 nitrogen and oxygen atoms in total. The second-order valence-electron chi connectivity index (χ2n) is 9.40. The molecule has 0 radical (unpaired) electrons. The van der Waals surface area contributed by atoms with Crippen LogP contribution in [0.5, 0.6) is 23.0 Å². The largest absolute Gasteiger partial charge is 0.453 e. The zero-order valence-electron chi connectivity index (χ0n) is 22.2. The van der Waals surface area contributed by atoms with Crippen LogP contribution in [0.2, 0.25) is 0 Å². The van der Waals surface area contributed by atoms with E-state index < -0.39 is 0 Å². The first kappa shape index (κ1) is 26.9. The second kappa shape index (κ2) is 12.9. The molecule has 5 aromatic rings. The lowest BCUT2D eigenvalue weighted by Gasteiger charge is -2.30. The molecule has 0 aliphatic rings. The van der Waals surface area contributed by atoms with Crippen LogP contribution >= 0.6 is 0 Å². The van der Waals surface area contributed by atoms with E-state index in [1.54, 1.807) is 24.3 Å². The topological polar surface area (TPSA) is 94.6 Å². The predicted molar refractivity (Wildman–Crippen MR) is 163 cm³/mol. The van der Waals surface area contributed by atoms with Crippen molar-refractivity contribution in [2.24, 2.45) is 0 Å². The van der Waals surface area contributed by atoms with E-state index in [1.807, 2.05) is 84.9 Å². The highest BCUT2D eigenvalue weighted by Gasteiger charge is 2.16. The van der Waals surface area contributed by atoms with Gasteiger partial charge in [-0.2, -0.15) is 0 Å². The van der Waals surface area contributed by atoms with Gasteiger partial charge in [0.1, 0.15) is 17.2 Å². The van der Waals surface area contributed by atoms with Crippen LogP contribution in [0.15, 0.2) is 133 Å². The summed E-state index contributed by atoms with van der Waals surface area (Å²) in [6.07, 6.45) is 0. The minimum atomic E-state index is -0.192. The highest BCUT2D eigenvalue weighted by atomic mass is 16.5.